The molecule has 2 aromatic heterocycles. The first kappa shape index (κ1) is 16.8. The number of rotatable bonds is 4. The van der Waals surface area contributed by atoms with Crippen molar-refractivity contribution in [2.24, 2.45) is 0 Å². The number of carboxylic acids is 1. The van der Waals surface area contributed by atoms with E-state index in [9.17, 15) is 9.18 Å². The van der Waals surface area contributed by atoms with E-state index in [0.29, 0.717) is 28.5 Å². The van der Waals surface area contributed by atoms with Gasteiger partial charge in [0.15, 0.2) is 0 Å². The number of hydrogen-bond donors (Lipinski definition) is 2. The summed E-state index contributed by atoms with van der Waals surface area (Å²) in [4.78, 5) is 23.5. The lowest BCUT2D eigenvalue weighted by Crippen LogP contribution is -2.01. The normalized spacial score (nSPS) is 10.5. The summed E-state index contributed by atoms with van der Waals surface area (Å²) in [6.07, 6.45) is 4.39. The number of anilines is 2. The van der Waals surface area contributed by atoms with E-state index in [4.69, 9.17) is 16.7 Å². The third-order valence-corrected chi connectivity index (χ3v) is 3.74. The van der Waals surface area contributed by atoms with Crippen LogP contribution in [0.1, 0.15) is 16.1 Å². The predicted molar refractivity (Wildman–Crippen MR) is 91.7 cm³/mol. The first-order valence-electron chi connectivity index (χ1n) is 7.18. The van der Waals surface area contributed by atoms with Gasteiger partial charge in [0.1, 0.15) is 5.82 Å². The van der Waals surface area contributed by atoms with Crippen LogP contribution in [0, 0.1) is 12.7 Å². The highest BCUT2D eigenvalue weighted by Crippen LogP contribution is 2.25. The number of carboxylic acid groups (broad SMARTS) is 1. The summed E-state index contributed by atoms with van der Waals surface area (Å²) in [6.45, 7) is 1.77. The van der Waals surface area contributed by atoms with E-state index >= 15 is 0 Å². The molecule has 0 aliphatic rings. The van der Waals surface area contributed by atoms with Crippen molar-refractivity contribution in [3.63, 3.8) is 0 Å². The molecule has 0 fully saturated rings. The molecule has 0 saturated heterocycles. The summed E-state index contributed by atoms with van der Waals surface area (Å²) in [5.41, 5.74) is 2.54. The maximum atomic E-state index is 13.2. The lowest BCUT2D eigenvalue weighted by Gasteiger charge is -2.09. The minimum atomic E-state index is -1.06. The highest BCUT2D eigenvalue weighted by molar-refractivity contribution is 6.31. The van der Waals surface area contributed by atoms with E-state index < -0.39 is 11.8 Å². The van der Waals surface area contributed by atoms with Gasteiger partial charge < -0.3 is 10.4 Å². The van der Waals surface area contributed by atoms with E-state index in [1.807, 2.05) is 0 Å². The van der Waals surface area contributed by atoms with Crippen molar-refractivity contribution in [1.82, 2.24) is 15.0 Å². The van der Waals surface area contributed by atoms with Gasteiger partial charge in [-0.3, -0.25) is 4.98 Å². The first-order chi connectivity index (χ1) is 11.9. The molecule has 0 spiro atoms. The SMILES string of the molecule is Cc1nc(Nc2ccc(F)c(Cl)c2)ncc1-c1cncc(C(=O)O)c1. The molecule has 25 heavy (non-hydrogen) atoms. The van der Waals surface area contributed by atoms with Crippen LogP contribution in [0.4, 0.5) is 16.0 Å². The van der Waals surface area contributed by atoms with Crippen LogP contribution in [0.25, 0.3) is 11.1 Å². The lowest BCUT2D eigenvalue weighted by molar-refractivity contribution is 0.0696. The van der Waals surface area contributed by atoms with Crippen molar-refractivity contribution in [3.05, 3.63) is 65.0 Å². The van der Waals surface area contributed by atoms with Crippen LogP contribution in [0.15, 0.2) is 42.9 Å². The van der Waals surface area contributed by atoms with E-state index in [1.54, 1.807) is 19.3 Å². The first-order valence-corrected chi connectivity index (χ1v) is 7.56. The molecule has 0 bridgehead atoms. The van der Waals surface area contributed by atoms with E-state index in [-0.39, 0.29) is 10.6 Å². The molecule has 126 valence electrons. The number of pyridine rings is 1. The zero-order valence-corrected chi connectivity index (χ0v) is 13.8. The Balaban J connectivity index is 1.89. The second-order valence-corrected chi connectivity index (χ2v) is 5.62. The van der Waals surface area contributed by atoms with Gasteiger partial charge in [-0.2, -0.15) is 0 Å². The van der Waals surface area contributed by atoms with Gasteiger partial charge in [-0.1, -0.05) is 11.6 Å². The highest BCUT2D eigenvalue weighted by Gasteiger charge is 2.10. The third-order valence-electron chi connectivity index (χ3n) is 3.45. The number of hydrogen-bond acceptors (Lipinski definition) is 5. The van der Waals surface area contributed by atoms with Crippen molar-refractivity contribution < 1.29 is 14.3 Å². The summed E-state index contributed by atoms with van der Waals surface area (Å²) < 4.78 is 13.2. The molecule has 3 rings (SSSR count). The van der Waals surface area contributed by atoms with Gasteiger partial charge >= 0.3 is 5.97 Å². The molecule has 0 aliphatic carbocycles. The smallest absolute Gasteiger partial charge is 0.337 e. The number of halogens is 2. The number of aromatic nitrogens is 3. The molecule has 6 nitrogen and oxygen atoms in total. The second-order valence-electron chi connectivity index (χ2n) is 5.21. The Morgan fingerprint density at radius 2 is 2.04 bits per heavy atom. The van der Waals surface area contributed by atoms with Crippen LogP contribution in [-0.2, 0) is 0 Å². The standard InChI is InChI=1S/C17H12ClFN4O2/c1-9-13(10-4-11(16(24)25)7-20-6-10)8-21-17(22-9)23-12-2-3-15(19)14(18)5-12/h2-8H,1H3,(H,24,25)(H,21,22,23). The van der Waals surface area contributed by atoms with Crippen LogP contribution in [-0.4, -0.2) is 26.0 Å². The topological polar surface area (TPSA) is 88.0 Å². The molecule has 3 aromatic rings. The average molecular weight is 359 g/mol. The summed E-state index contributed by atoms with van der Waals surface area (Å²) in [5, 5.41) is 12.0. The monoisotopic (exact) mass is 358 g/mol. The van der Waals surface area contributed by atoms with Crippen LogP contribution >= 0.6 is 11.6 Å². The number of carbonyl (C=O) groups is 1. The predicted octanol–water partition coefficient (Wildman–Crippen LogP) is 4.08. The summed E-state index contributed by atoms with van der Waals surface area (Å²) in [6, 6.07) is 5.71. The summed E-state index contributed by atoms with van der Waals surface area (Å²) in [5.74, 6) is -1.25. The number of nitrogens with one attached hydrogen (secondary N) is 1. The Morgan fingerprint density at radius 3 is 2.72 bits per heavy atom. The van der Waals surface area contributed by atoms with Gasteiger partial charge in [-0.15, -0.1) is 0 Å². The van der Waals surface area contributed by atoms with E-state index in [2.05, 4.69) is 20.3 Å². The summed E-state index contributed by atoms with van der Waals surface area (Å²) >= 11 is 5.75. The zero-order chi connectivity index (χ0) is 18.0. The molecule has 8 heteroatoms. The van der Waals surface area contributed by atoms with Crippen LogP contribution in [0.5, 0.6) is 0 Å². The Hall–Kier alpha value is -3.06. The highest BCUT2D eigenvalue weighted by atomic mass is 35.5. The molecule has 0 saturated carbocycles. The van der Waals surface area contributed by atoms with Crippen molar-refractivity contribution in [1.29, 1.82) is 0 Å². The summed E-state index contributed by atoms with van der Waals surface area (Å²) in [7, 11) is 0. The Kier molecular flexibility index (Phi) is 4.58. The lowest BCUT2D eigenvalue weighted by atomic mass is 10.1. The van der Waals surface area contributed by atoms with Crippen molar-refractivity contribution in [2.45, 2.75) is 6.92 Å². The van der Waals surface area contributed by atoms with Gasteiger partial charge in [-0.25, -0.2) is 19.2 Å². The Morgan fingerprint density at radius 1 is 1.24 bits per heavy atom. The van der Waals surface area contributed by atoms with Crippen molar-refractivity contribution in [2.75, 3.05) is 5.32 Å². The second kappa shape index (κ2) is 6.82. The fourth-order valence-electron chi connectivity index (χ4n) is 2.22. The average Bonchev–Trinajstić information content (AvgIpc) is 2.58. The number of aromatic carboxylic acids is 1. The largest absolute Gasteiger partial charge is 0.478 e. The van der Waals surface area contributed by atoms with E-state index in [1.165, 1.54) is 30.5 Å². The molecular formula is C17H12ClFN4O2. The molecule has 2 N–H and O–H groups in total. The number of benzene rings is 1. The maximum Gasteiger partial charge on any atom is 0.337 e. The molecule has 0 atom stereocenters. The number of nitrogens with zero attached hydrogens (tertiary/aromatic N) is 3. The maximum absolute atomic E-state index is 13.2. The Bertz CT molecular complexity index is 965. The van der Waals surface area contributed by atoms with Crippen LogP contribution in [0.2, 0.25) is 5.02 Å². The molecule has 0 unspecified atom stereocenters. The van der Waals surface area contributed by atoms with Crippen LogP contribution < -0.4 is 5.32 Å². The molecule has 0 amide bonds. The number of aryl methyl sites for hydroxylation is 1. The van der Waals surface area contributed by atoms with Gasteiger partial charge in [0.2, 0.25) is 5.95 Å². The fraction of sp³-hybridized carbons (Fsp3) is 0.0588. The van der Waals surface area contributed by atoms with E-state index in [0.717, 1.165) is 0 Å². The van der Waals surface area contributed by atoms with Crippen molar-refractivity contribution >= 4 is 29.2 Å². The zero-order valence-electron chi connectivity index (χ0n) is 13.0. The van der Waals surface area contributed by atoms with Gasteiger partial charge in [0.25, 0.3) is 0 Å². The molecule has 0 radical (unpaired) electrons. The van der Waals surface area contributed by atoms with Gasteiger partial charge in [0, 0.05) is 35.4 Å². The minimum Gasteiger partial charge on any atom is -0.478 e. The molecule has 0 aliphatic heterocycles. The van der Waals surface area contributed by atoms with Crippen molar-refractivity contribution in [3.8, 4) is 11.1 Å². The fourth-order valence-corrected chi connectivity index (χ4v) is 2.40. The third kappa shape index (κ3) is 3.72. The van der Waals surface area contributed by atoms with Crippen LogP contribution in [0.3, 0.4) is 0 Å². The Labute approximate surface area is 147 Å². The molecule has 2 heterocycles. The minimum absolute atomic E-state index is 0.00472. The van der Waals surface area contributed by atoms with Gasteiger partial charge in [0.05, 0.1) is 16.3 Å². The molecule has 1 aromatic carbocycles. The quantitative estimate of drug-likeness (QED) is 0.730. The van der Waals surface area contributed by atoms with Gasteiger partial charge in [-0.05, 0) is 31.2 Å². The molecular weight excluding hydrogens is 347 g/mol.